The number of pyridine rings is 1. The summed E-state index contributed by atoms with van der Waals surface area (Å²) in [5.41, 5.74) is 5.78. The molecule has 30 heavy (non-hydrogen) atoms. The Morgan fingerprint density at radius 1 is 1.37 bits per heavy atom. The van der Waals surface area contributed by atoms with Gasteiger partial charge in [0.25, 0.3) is 5.91 Å². The zero-order chi connectivity index (χ0) is 21.0. The fourth-order valence-corrected chi connectivity index (χ4v) is 4.58. The molecule has 1 aliphatic carbocycles. The molecule has 2 atom stereocenters. The molecule has 0 radical (unpaired) electrons. The van der Waals surface area contributed by atoms with Crippen LogP contribution in [0.4, 0.5) is 4.39 Å². The first-order chi connectivity index (χ1) is 14.5. The molecule has 2 aliphatic rings. The summed E-state index contributed by atoms with van der Waals surface area (Å²) in [7, 11) is 0. The first kappa shape index (κ1) is 19.2. The van der Waals surface area contributed by atoms with Crippen molar-refractivity contribution in [3.63, 3.8) is 0 Å². The number of fused-ring (bicyclic) bond motifs is 3. The van der Waals surface area contributed by atoms with Crippen LogP contribution in [0.15, 0.2) is 30.5 Å². The van der Waals surface area contributed by atoms with Crippen LogP contribution in [-0.4, -0.2) is 22.0 Å². The van der Waals surface area contributed by atoms with Crippen LogP contribution in [0.3, 0.4) is 0 Å². The highest BCUT2D eigenvalue weighted by Gasteiger charge is 2.30. The summed E-state index contributed by atoms with van der Waals surface area (Å²) < 4.78 is 22.9. The Morgan fingerprint density at radius 3 is 2.87 bits per heavy atom. The van der Waals surface area contributed by atoms with Gasteiger partial charge >= 0.3 is 0 Å². The smallest absolute Gasteiger partial charge is 0.268 e. The second kappa shape index (κ2) is 7.20. The van der Waals surface area contributed by atoms with Crippen LogP contribution in [-0.2, 0) is 11.3 Å². The Balaban J connectivity index is 1.69. The number of benzene rings is 1. The largest absolute Gasteiger partial charge is 0.369 e. The zero-order valence-corrected chi connectivity index (χ0v) is 17.5. The van der Waals surface area contributed by atoms with Gasteiger partial charge in [-0.1, -0.05) is 12.1 Å². The molecule has 1 amide bonds. The van der Waals surface area contributed by atoms with E-state index in [2.05, 4.69) is 10.3 Å². The van der Waals surface area contributed by atoms with Crippen LogP contribution in [0.25, 0.3) is 11.0 Å². The summed E-state index contributed by atoms with van der Waals surface area (Å²) in [6.07, 6.45) is 4.05. The van der Waals surface area contributed by atoms with E-state index in [0.29, 0.717) is 30.3 Å². The summed E-state index contributed by atoms with van der Waals surface area (Å²) in [5.74, 6) is 0.0899. The molecule has 1 unspecified atom stereocenters. The standard InChI is InChI=1S/C24H26FN3O2/c1-4-26-24(29)22-10-21-23(19-12-30-14(3)18(19)11-27-21)28(22)13(2)17-8-7-16(9-20(17)25)15-5-6-15/h7-11,13-15H,4-6,12H2,1-3H3,(H,26,29)/t13-,14?/m1/s1. The topological polar surface area (TPSA) is 56.2 Å². The summed E-state index contributed by atoms with van der Waals surface area (Å²) in [6.45, 7) is 6.80. The molecule has 1 aromatic carbocycles. The first-order valence-corrected chi connectivity index (χ1v) is 10.7. The maximum Gasteiger partial charge on any atom is 0.268 e. The van der Waals surface area contributed by atoms with E-state index in [1.807, 2.05) is 43.7 Å². The normalized spacial score (nSPS) is 19.1. The van der Waals surface area contributed by atoms with Crippen LogP contribution in [0.5, 0.6) is 0 Å². The van der Waals surface area contributed by atoms with Crippen LogP contribution >= 0.6 is 0 Å². The molecule has 2 aromatic heterocycles. The molecule has 0 spiro atoms. The molecular weight excluding hydrogens is 381 g/mol. The highest BCUT2D eigenvalue weighted by atomic mass is 19.1. The third-order valence-corrected chi connectivity index (χ3v) is 6.39. The third-order valence-electron chi connectivity index (χ3n) is 6.39. The molecule has 1 N–H and O–H groups in total. The molecule has 0 saturated heterocycles. The van der Waals surface area contributed by atoms with Crippen LogP contribution in [0, 0.1) is 5.82 Å². The van der Waals surface area contributed by atoms with Crippen molar-refractivity contribution >= 4 is 16.9 Å². The molecular formula is C24H26FN3O2. The Labute approximate surface area is 175 Å². The number of nitrogens with zero attached hydrogens (tertiary/aromatic N) is 2. The number of hydrogen-bond donors (Lipinski definition) is 1. The van der Waals surface area contributed by atoms with Gasteiger partial charge in [0.2, 0.25) is 0 Å². The fraction of sp³-hybridized carbons (Fsp3) is 0.417. The Hall–Kier alpha value is -2.73. The number of carbonyl (C=O) groups excluding carboxylic acids is 1. The Kier molecular flexibility index (Phi) is 4.62. The molecule has 5 rings (SSSR count). The number of amides is 1. The van der Waals surface area contributed by atoms with Gasteiger partial charge in [0.15, 0.2) is 0 Å². The molecule has 0 bridgehead atoms. The van der Waals surface area contributed by atoms with E-state index in [9.17, 15) is 4.79 Å². The second-order valence-corrected chi connectivity index (χ2v) is 8.37. The lowest BCUT2D eigenvalue weighted by Crippen LogP contribution is -2.27. The van der Waals surface area contributed by atoms with Gasteiger partial charge in [-0.15, -0.1) is 0 Å². The average Bonchev–Trinajstić information content (AvgIpc) is 3.41. The van der Waals surface area contributed by atoms with Crippen molar-refractivity contribution in [1.82, 2.24) is 14.9 Å². The van der Waals surface area contributed by atoms with Gasteiger partial charge in [0.1, 0.15) is 11.5 Å². The van der Waals surface area contributed by atoms with E-state index in [0.717, 1.165) is 40.6 Å². The quantitative estimate of drug-likeness (QED) is 0.647. The zero-order valence-electron chi connectivity index (χ0n) is 17.5. The van der Waals surface area contributed by atoms with Gasteiger partial charge in [-0.25, -0.2) is 4.39 Å². The Bertz CT molecular complexity index is 1150. The highest BCUT2D eigenvalue weighted by molar-refractivity contribution is 5.99. The van der Waals surface area contributed by atoms with Crippen molar-refractivity contribution in [3.8, 4) is 0 Å². The van der Waals surface area contributed by atoms with Crippen LogP contribution in [0.1, 0.15) is 84.4 Å². The molecule has 6 heteroatoms. The van der Waals surface area contributed by atoms with Gasteiger partial charge in [0.05, 0.1) is 29.8 Å². The molecule has 1 saturated carbocycles. The van der Waals surface area contributed by atoms with Gasteiger partial charge < -0.3 is 14.6 Å². The first-order valence-electron chi connectivity index (χ1n) is 10.7. The number of nitrogens with one attached hydrogen (secondary N) is 1. The van der Waals surface area contributed by atoms with Gasteiger partial charge in [-0.2, -0.15) is 0 Å². The lowest BCUT2D eigenvalue weighted by atomic mass is 10.0. The average molecular weight is 407 g/mol. The van der Waals surface area contributed by atoms with E-state index in [-0.39, 0.29) is 23.9 Å². The lowest BCUT2D eigenvalue weighted by molar-refractivity contribution is 0.0797. The Morgan fingerprint density at radius 2 is 2.17 bits per heavy atom. The van der Waals surface area contributed by atoms with Crippen molar-refractivity contribution in [2.24, 2.45) is 0 Å². The van der Waals surface area contributed by atoms with E-state index in [1.165, 1.54) is 0 Å². The summed E-state index contributed by atoms with van der Waals surface area (Å²) in [5, 5.41) is 2.88. The van der Waals surface area contributed by atoms with Gasteiger partial charge in [0, 0.05) is 29.4 Å². The predicted octanol–water partition coefficient (Wildman–Crippen LogP) is 5.00. The van der Waals surface area contributed by atoms with Crippen molar-refractivity contribution in [3.05, 3.63) is 64.2 Å². The SMILES string of the molecule is CCNC(=O)c1cc2ncc3c(c2n1[C@H](C)c1ccc(C2CC2)cc1F)COC3C. The summed E-state index contributed by atoms with van der Waals surface area (Å²) in [6, 6.07) is 7.00. The lowest BCUT2D eigenvalue weighted by Gasteiger charge is -2.21. The van der Waals surface area contributed by atoms with E-state index in [4.69, 9.17) is 4.74 Å². The molecule has 3 aromatic rings. The molecule has 1 fully saturated rings. The number of aromatic nitrogens is 2. The number of carbonyl (C=O) groups is 1. The van der Waals surface area contributed by atoms with E-state index < -0.39 is 0 Å². The minimum absolute atomic E-state index is 0.0435. The van der Waals surface area contributed by atoms with E-state index >= 15 is 4.39 Å². The minimum Gasteiger partial charge on any atom is -0.369 e. The third kappa shape index (κ3) is 3.01. The molecule has 3 heterocycles. The molecule has 1 aliphatic heterocycles. The number of hydrogen-bond acceptors (Lipinski definition) is 3. The van der Waals surface area contributed by atoms with E-state index in [1.54, 1.807) is 12.1 Å². The molecule has 5 nitrogen and oxygen atoms in total. The monoisotopic (exact) mass is 407 g/mol. The van der Waals surface area contributed by atoms with Crippen LogP contribution < -0.4 is 5.32 Å². The number of halogens is 1. The van der Waals surface area contributed by atoms with Crippen molar-refractivity contribution in [2.45, 2.75) is 58.3 Å². The van der Waals surface area contributed by atoms with Crippen molar-refractivity contribution in [2.75, 3.05) is 6.54 Å². The van der Waals surface area contributed by atoms with Crippen LogP contribution in [0.2, 0.25) is 0 Å². The number of rotatable bonds is 5. The van der Waals surface area contributed by atoms with Gasteiger partial charge in [-0.3, -0.25) is 9.78 Å². The van der Waals surface area contributed by atoms with Gasteiger partial charge in [-0.05, 0) is 57.2 Å². The molecule has 156 valence electrons. The van der Waals surface area contributed by atoms with Crippen molar-refractivity contribution < 1.29 is 13.9 Å². The summed E-state index contributed by atoms with van der Waals surface area (Å²) >= 11 is 0. The predicted molar refractivity (Wildman–Crippen MR) is 113 cm³/mol. The second-order valence-electron chi connectivity index (χ2n) is 8.37. The number of ether oxygens (including phenoxy) is 1. The maximum atomic E-state index is 15.1. The minimum atomic E-state index is -0.363. The summed E-state index contributed by atoms with van der Waals surface area (Å²) in [4.78, 5) is 17.5. The maximum absolute atomic E-state index is 15.1. The highest BCUT2D eigenvalue weighted by Crippen LogP contribution is 2.42. The van der Waals surface area contributed by atoms with Crippen molar-refractivity contribution in [1.29, 1.82) is 0 Å². The fourth-order valence-electron chi connectivity index (χ4n) is 4.58.